The van der Waals surface area contributed by atoms with E-state index in [1.807, 2.05) is 0 Å². The average Bonchev–Trinajstić information content (AvgIpc) is 2.70. The van der Waals surface area contributed by atoms with Crippen molar-refractivity contribution in [3.63, 3.8) is 0 Å². The lowest BCUT2D eigenvalue weighted by molar-refractivity contribution is 0.0697. The summed E-state index contributed by atoms with van der Waals surface area (Å²) in [6.07, 6.45) is 3.04. The molecule has 0 saturated carbocycles. The van der Waals surface area contributed by atoms with Gasteiger partial charge in [0.2, 0.25) is 0 Å². The van der Waals surface area contributed by atoms with Gasteiger partial charge in [0, 0.05) is 5.69 Å². The Morgan fingerprint density at radius 3 is 2.87 bits per heavy atom. The van der Waals surface area contributed by atoms with Crippen LogP contribution in [0.4, 0.5) is 5.69 Å². The van der Waals surface area contributed by atoms with Gasteiger partial charge < -0.3 is 10.8 Å². The predicted octanol–water partition coefficient (Wildman–Crippen LogP) is 0.548. The highest BCUT2D eigenvalue weighted by Crippen LogP contribution is 2.16. The number of carboxylic acids is 1. The van der Waals surface area contributed by atoms with Crippen molar-refractivity contribution in [3.05, 3.63) is 36.2 Å². The Hall–Kier alpha value is -2.37. The minimum absolute atomic E-state index is 0.0977. The maximum Gasteiger partial charge on any atom is 0.337 e. The van der Waals surface area contributed by atoms with Gasteiger partial charge in [-0.05, 0) is 18.2 Å². The van der Waals surface area contributed by atoms with E-state index in [4.69, 9.17) is 10.8 Å². The molecule has 0 atom stereocenters. The highest BCUT2D eigenvalue weighted by molar-refractivity contribution is 5.93. The molecule has 0 saturated heterocycles. The van der Waals surface area contributed by atoms with Crippen LogP contribution in [0.1, 0.15) is 10.4 Å². The molecule has 1 aromatic heterocycles. The third-order valence-corrected chi connectivity index (χ3v) is 1.92. The van der Waals surface area contributed by atoms with Crippen LogP contribution in [0.3, 0.4) is 0 Å². The summed E-state index contributed by atoms with van der Waals surface area (Å²) >= 11 is 0. The van der Waals surface area contributed by atoms with Crippen LogP contribution in [0.25, 0.3) is 5.69 Å². The molecule has 15 heavy (non-hydrogen) atoms. The summed E-state index contributed by atoms with van der Waals surface area (Å²) in [5, 5.41) is 16.3. The van der Waals surface area contributed by atoms with Crippen LogP contribution >= 0.6 is 0 Å². The van der Waals surface area contributed by atoms with E-state index in [1.165, 1.54) is 16.9 Å². The van der Waals surface area contributed by atoms with Gasteiger partial charge in [-0.25, -0.2) is 9.48 Å². The Kier molecular flexibility index (Phi) is 2.09. The fourth-order valence-corrected chi connectivity index (χ4v) is 1.26. The first kappa shape index (κ1) is 9.20. The lowest BCUT2D eigenvalue weighted by atomic mass is 10.1. The molecule has 0 amide bonds. The monoisotopic (exact) mass is 204 g/mol. The van der Waals surface area contributed by atoms with E-state index in [1.54, 1.807) is 18.3 Å². The predicted molar refractivity (Wildman–Crippen MR) is 52.7 cm³/mol. The van der Waals surface area contributed by atoms with E-state index in [-0.39, 0.29) is 5.56 Å². The summed E-state index contributed by atoms with van der Waals surface area (Å²) in [5.74, 6) is -1.05. The van der Waals surface area contributed by atoms with Crippen molar-refractivity contribution in [2.45, 2.75) is 0 Å². The number of aromatic carboxylic acids is 1. The minimum Gasteiger partial charge on any atom is -0.478 e. The third-order valence-electron chi connectivity index (χ3n) is 1.92. The number of nitrogens with zero attached hydrogens (tertiary/aromatic N) is 3. The minimum atomic E-state index is -1.05. The highest BCUT2D eigenvalue weighted by atomic mass is 16.4. The fourth-order valence-electron chi connectivity index (χ4n) is 1.26. The van der Waals surface area contributed by atoms with Crippen molar-refractivity contribution in [3.8, 4) is 5.69 Å². The van der Waals surface area contributed by atoms with Crippen LogP contribution in [-0.4, -0.2) is 26.1 Å². The molecule has 3 N–H and O–H groups in total. The molecule has 6 nitrogen and oxygen atoms in total. The smallest absolute Gasteiger partial charge is 0.337 e. The summed E-state index contributed by atoms with van der Waals surface area (Å²) in [5.41, 5.74) is 6.45. The topological polar surface area (TPSA) is 94.0 Å². The van der Waals surface area contributed by atoms with Crippen molar-refractivity contribution in [2.75, 3.05) is 5.73 Å². The van der Waals surface area contributed by atoms with Crippen LogP contribution < -0.4 is 5.73 Å². The Morgan fingerprint density at radius 1 is 1.47 bits per heavy atom. The lowest BCUT2D eigenvalue weighted by Crippen LogP contribution is -2.06. The lowest BCUT2D eigenvalue weighted by Gasteiger charge is -2.05. The first-order chi connectivity index (χ1) is 7.18. The van der Waals surface area contributed by atoms with E-state index in [0.717, 1.165) is 0 Å². The molecule has 0 radical (unpaired) electrons. The van der Waals surface area contributed by atoms with Crippen molar-refractivity contribution in [2.24, 2.45) is 0 Å². The quantitative estimate of drug-likeness (QED) is 0.696. The van der Waals surface area contributed by atoms with Crippen LogP contribution in [0.15, 0.2) is 30.6 Å². The molecular weight excluding hydrogens is 196 g/mol. The van der Waals surface area contributed by atoms with Gasteiger partial charge in [-0.1, -0.05) is 5.21 Å². The Morgan fingerprint density at radius 2 is 2.27 bits per heavy atom. The number of carbonyl (C=O) groups is 1. The van der Waals surface area contributed by atoms with Crippen LogP contribution in [-0.2, 0) is 0 Å². The number of benzene rings is 1. The van der Waals surface area contributed by atoms with Crippen LogP contribution in [0, 0.1) is 0 Å². The number of nitrogens with two attached hydrogens (primary N) is 1. The summed E-state index contributed by atoms with van der Waals surface area (Å²) in [6, 6.07) is 4.59. The molecule has 0 unspecified atom stereocenters. The molecule has 2 rings (SSSR count). The summed E-state index contributed by atoms with van der Waals surface area (Å²) in [7, 11) is 0. The summed E-state index contributed by atoms with van der Waals surface area (Å²) in [4.78, 5) is 11.0. The molecular formula is C9H8N4O2. The normalized spacial score (nSPS) is 10.1. The molecule has 6 heteroatoms. The number of hydrogen-bond acceptors (Lipinski definition) is 4. The van der Waals surface area contributed by atoms with Crippen molar-refractivity contribution in [1.29, 1.82) is 0 Å². The molecule has 0 bridgehead atoms. The Labute approximate surface area is 84.9 Å². The molecule has 0 aliphatic rings. The van der Waals surface area contributed by atoms with E-state index in [9.17, 15) is 4.79 Å². The summed E-state index contributed by atoms with van der Waals surface area (Å²) in [6.45, 7) is 0. The Balaban J connectivity index is 2.61. The van der Waals surface area contributed by atoms with E-state index < -0.39 is 5.97 Å². The number of anilines is 1. The molecule has 1 aromatic carbocycles. The second kappa shape index (κ2) is 3.41. The molecule has 0 aliphatic heterocycles. The number of rotatable bonds is 2. The second-order valence-electron chi connectivity index (χ2n) is 2.93. The molecule has 0 fully saturated rings. The average molecular weight is 204 g/mol. The van der Waals surface area contributed by atoms with E-state index in [2.05, 4.69) is 10.3 Å². The molecule has 1 heterocycles. The van der Waals surface area contributed by atoms with Gasteiger partial charge in [0.25, 0.3) is 0 Å². The number of hydrogen-bond donors (Lipinski definition) is 2. The van der Waals surface area contributed by atoms with Gasteiger partial charge >= 0.3 is 5.97 Å². The first-order valence-corrected chi connectivity index (χ1v) is 4.18. The van der Waals surface area contributed by atoms with E-state index in [0.29, 0.717) is 11.4 Å². The number of carboxylic acid groups (broad SMARTS) is 1. The molecule has 2 aromatic rings. The summed E-state index contributed by atoms with van der Waals surface area (Å²) < 4.78 is 1.38. The maximum absolute atomic E-state index is 11.0. The van der Waals surface area contributed by atoms with Gasteiger partial charge in [-0.15, -0.1) is 5.10 Å². The van der Waals surface area contributed by atoms with Gasteiger partial charge in [0.15, 0.2) is 0 Å². The van der Waals surface area contributed by atoms with Crippen molar-refractivity contribution >= 4 is 11.7 Å². The van der Waals surface area contributed by atoms with Crippen LogP contribution in [0.5, 0.6) is 0 Å². The van der Waals surface area contributed by atoms with Gasteiger partial charge in [0.05, 0.1) is 23.6 Å². The van der Waals surface area contributed by atoms with Gasteiger partial charge in [0.1, 0.15) is 0 Å². The second-order valence-corrected chi connectivity index (χ2v) is 2.93. The molecule has 0 aliphatic carbocycles. The fraction of sp³-hybridized carbons (Fsp3) is 0. The Bertz CT molecular complexity index is 493. The highest BCUT2D eigenvalue weighted by Gasteiger charge is 2.12. The molecule has 0 spiro atoms. The van der Waals surface area contributed by atoms with Crippen molar-refractivity contribution < 1.29 is 9.90 Å². The SMILES string of the molecule is Nc1ccc(-n2ccnn2)c(C(=O)O)c1. The largest absolute Gasteiger partial charge is 0.478 e. The zero-order valence-corrected chi connectivity index (χ0v) is 7.66. The molecule has 76 valence electrons. The number of aromatic nitrogens is 3. The van der Waals surface area contributed by atoms with E-state index >= 15 is 0 Å². The third kappa shape index (κ3) is 1.64. The van der Waals surface area contributed by atoms with Crippen molar-refractivity contribution in [1.82, 2.24) is 15.0 Å². The van der Waals surface area contributed by atoms with Gasteiger partial charge in [-0.2, -0.15) is 0 Å². The van der Waals surface area contributed by atoms with Crippen LogP contribution in [0.2, 0.25) is 0 Å². The number of nitrogen functional groups attached to an aromatic ring is 1. The maximum atomic E-state index is 11.0. The zero-order valence-electron chi connectivity index (χ0n) is 7.66. The van der Waals surface area contributed by atoms with Gasteiger partial charge in [-0.3, -0.25) is 0 Å². The zero-order chi connectivity index (χ0) is 10.8. The standard InChI is InChI=1S/C9H8N4O2/c10-6-1-2-8(7(5-6)9(14)15)13-4-3-11-12-13/h1-5H,10H2,(H,14,15). The first-order valence-electron chi connectivity index (χ1n) is 4.18.